The third-order valence-electron chi connectivity index (χ3n) is 2.31. The van der Waals surface area contributed by atoms with Crippen LogP contribution >= 0.6 is 15.9 Å². The van der Waals surface area contributed by atoms with Crippen molar-refractivity contribution in [2.75, 3.05) is 6.54 Å². The normalized spacial score (nSPS) is 11.1. The molecule has 0 aliphatic carbocycles. The molecule has 17 heavy (non-hydrogen) atoms. The summed E-state index contributed by atoms with van der Waals surface area (Å²) in [5.74, 6) is -0.0788. The predicted molar refractivity (Wildman–Crippen MR) is 72.9 cm³/mol. The van der Waals surface area contributed by atoms with Gasteiger partial charge in [-0.3, -0.25) is 4.79 Å². The van der Waals surface area contributed by atoms with Crippen LogP contribution in [0, 0.1) is 0 Å². The van der Waals surface area contributed by atoms with E-state index < -0.39 is 0 Å². The van der Waals surface area contributed by atoms with Gasteiger partial charge in [0.15, 0.2) is 0 Å². The highest BCUT2D eigenvalue weighted by atomic mass is 79.9. The Morgan fingerprint density at radius 3 is 2.59 bits per heavy atom. The van der Waals surface area contributed by atoms with Crippen molar-refractivity contribution in [2.24, 2.45) is 0 Å². The minimum Gasteiger partial charge on any atom is -0.329 e. The first-order chi connectivity index (χ1) is 7.86. The Labute approximate surface area is 111 Å². The summed E-state index contributed by atoms with van der Waals surface area (Å²) in [4.78, 5) is 18.2. The van der Waals surface area contributed by atoms with Crippen LogP contribution < -0.4 is 0 Å². The number of pyridine rings is 1. The van der Waals surface area contributed by atoms with Crippen molar-refractivity contribution in [3.63, 3.8) is 0 Å². The van der Waals surface area contributed by atoms with Gasteiger partial charge in [0.25, 0.3) is 5.91 Å². The van der Waals surface area contributed by atoms with E-state index in [-0.39, 0.29) is 11.4 Å². The SMILES string of the molecule is C=CCN(C(=O)c1ccc(Br)cn1)C(C)(C)C. The maximum atomic E-state index is 12.3. The summed E-state index contributed by atoms with van der Waals surface area (Å²) < 4.78 is 0.861. The summed E-state index contributed by atoms with van der Waals surface area (Å²) in [6.07, 6.45) is 3.35. The quantitative estimate of drug-likeness (QED) is 0.802. The molecule has 1 amide bonds. The molecule has 1 heterocycles. The van der Waals surface area contributed by atoms with Crippen LogP contribution in [0.3, 0.4) is 0 Å². The van der Waals surface area contributed by atoms with Gasteiger partial charge in [0.05, 0.1) is 0 Å². The summed E-state index contributed by atoms with van der Waals surface area (Å²) in [6.45, 7) is 10.2. The van der Waals surface area contributed by atoms with E-state index in [0.717, 1.165) is 4.47 Å². The zero-order valence-electron chi connectivity index (χ0n) is 10.4. The second-order valence-electron chi connectivity index (χ2n) is 4.74. The van der Waals surface area contributed by atoms with Crippen LogP contribution in [0.4, 0.5) is 0 Å². The Morgan fingerprint density at radius 2 is 2.18 bits per heavy atom. The van der Waals surface area contributed by atoms with Crippen molar-refractivity contribution in [2.45, 2.75) is 26.3 Å². The van der Waals surface area contributed by atoms with Crippen molar-refractivity contribution in [3.8, 4) is 0 Å². The first-order valence-corrected chi connectivity index (χ1v) is 6.20. The summed E-state index contributed by atoms with van der Waals surface area (Å²) in [6, 6.07) is 3.53. The van der Waals surface area contributed by atoms with Crippen LogP contribution in [0.2, 0.25) is 0 Å². The van der Waals surface area contributed by atoms with Gasteiger partial charge in [0.1, 0.15) is 5.69 Å². The number of hydrogen-bond donors (Lipinski definition) is 0. The van der Waals surface area contributed by atoms with E-state index in [4.69, 9.17) is 0 Å². The maximum Gasteiger partial charge on any atom is 0.273 e. The van der Waals surface area contributed by atoms with Crippen molar-refractivity contribution in [1.29, 1.82) is 0 Å². The van der Waals surface area contributed by atoms with E-state index in [1.807, 2.05) is 26.8 Å². The lowest BCUT2D eigenvalue weighted by molar-refractivity contribution is 0.0610. The van der Waals surface area contributed by atoms with Crippen molar-refractivity contribution >= 4 is 21.8 Å². The number of rotatable bonds is 3. The molecule has 0 bridgehead atoms. The minimum absolute atomic E-state index is 0.0788. The average Bonchev–Trinajstić information content (AvgIpc) is 2.24. The van der Waals surface area contributed by atoms with Gasteiger partial charge in [-0.1, -0.05) is 6.08 Å². The molecule has 92 valence electrons. The summed E-state index contributed by atoms with van der Waals surface area (Å²) in [7, 11) is 0. The molecule has 0 aliphatic heterocycles. The first kappa shape index (κ1) is 13.9. The fourth-order valence-corrected chi connectivity index (χ4v) is 1.67. The minimum atomic E-state index is -0.250. The molecular weight excluding hydrogens is 280 g/mol. The molecule has 0 saturated heterocycles. The smallest absolute Gasteiger partial charge is 0.273 e. The van der Waals surface area contributed by atoms with Gasteiger partial charge < -0.3 is 4.90 Å². The van der Waals surface area contributed by atoms with E-state index in [2.05, 4.69) is 27.5 Å². The van der Waals surface area contributed by atoms with Gasteiger partial charge in [-0.15, -0.1) is 6.58 Å². The summed E-state index contributed by atoms with van der Waals surface area (Å²) >= 11 is 3.30. The first-order valence-electron chi connectivity index (χ1n) is 5.40. The summed E-state index contributed by atoms with van der Waals surface area (Å²) in [5, 5.41) is 0. The molecule has 0 spiro atoms. The van der Waals surface area contributed by atoms with Crippen LogP contribution in [0.15, 0.2) is 35.5 Å². The van der Waals surface area contributed by atoms with E-state index in [1.165, 1.54) is 0 Å². The second kappa shape index (κ2) is 5.45. The number of nitrogens with zero attached hydrogens (tertiary/aromatic N) is 2. The largest absolute Gasteiger partial charge is 0.329 e. The van der Waals surface area contributed by atoms with Crippen LogP contribution in [0.5, 0.6) is 0 Å². The van der Waals surface area contributed by atoms with Crippen LogP contribution in [0.25, 0.3) is 0 Å². The molecule has 1 rings (SSSR count). The average molecular weight is 297 g/mol. The van der Waals surface area contributed by atoms with Crippen LogP contribution in [0.1, 0.15) is 31.3 Å². The van der Waals surface area contributed by atoms with E-state index >= 15 is 0 Å². The molecule has 0 N–H and O–H groups in total. The van der Waals surface area contributed by atoms with Crippen molar-refractivity contribution < 1.29 is 4.79 Å². The van der Waals surface area contributed by atoms with Crippen LogP contribution in [-0.2, 0) is 0 Å². The number of carbonyl (C=O) groups excluding carboxylic acids is 1. The lowest BCUT2D eigenvalue weighted by Crippen LogP contribution is -2.45. The molecule has 0 radical (unpaired) electrons. The van der Waals surface area contributed by atoms with E-state index in [1.54, 1.807) is 23.2 Å². The highest BCUT2D eigenvalue weighted by molar-refractivity contribution is 9.10. The molecule has 4 heteroatoms. The molecule has 0 aliphatic rings. The molecule has 0 fully saturated rings. The molecular formula is C13H17BrN2O. The highest BCUT2D eigenvalue weighted by Gasteiger charge is 2.26. The standard InChI is InChI=1S/C13H17BrN2O/c1-5-8-16(13(2,3)4)12(17)11-7-6-10(14)9-15-11/h5-7,9H,1,8H2,2-4H3. The number of hydrogen-bond acceptors (Lipinski definition) is 2. The van der Waals surface area contributed by atoms with Gasteiger partial charge >= 0.3 is 0 Å². The highest BCUT2D eigenvalue weighted by Crippen LogP contribution is 2.17. The Bertz CT molecular complexity index is 406. The zero-order valence-corrected chi connectivity index (χ0v) is 12.0. The zero-order chi connectivity index (χ0) is 13.1. The topological polar surface area (TPSA) is 33.2 Å². The van der Waals surface area contributed by atoms with Crippen LogP contribution in [-0.4, -0.2) is 27.9 Å². The lowest BCUT2D eigenvalue weighted by Gasteiger charge is -2.34. The molecule has 0 saturated carbocycles. The lowest BCUT2D eigenvalue weighted by atomic mass is 10.1. The number of halogens is 1. The van der Waals surface area contributed by atoms with E-state index in [0.29, 0.717) is 12.2 Å². The maximum absolute atomic E-state index is 12.3. The molecule has 1 aromatic rings. The number of carbonyl (C=O) groups is 1. The predicted octanol–water partition coefficient (Wildman–Crippen LogP) is 3.27. The number of amides is 1. The third-order valence-corrected chi connectivity index (χ3v) is 2.78. The molecule has 0 unspecified atom stereocenters. The fraction of sp³-hybridized carbons (Fsp3) is 0.385. The van der Waals surface area contributed by atoms with Crippen molar-refractivity contribution in [1.82, 2.24) is 9.88 Å². The van der Waals surface area contributed by atoms with Gasteiger partial charge in [0, 0.05) is 22.8 Å². The molecule has 3 nitrogen and oxygen atoms in total. The Balaban J connectivity index is 3.00. The third kappa shape index (κ3) is 3.66. The Kier molecular flexibility index (Phi) is 4.46. The van der Waals surface area contributed by atoms with E-state index in [9.17, 15) is 4.79 Å². The number of aromatic nitrogens is 1. The second-order valence-corrected chi connectivity index (χ2v) is 5.65. The Morgan fingerprint density at radius 1 is 1.53 bits per heavy atom. The molecule has 0 atom stereocenters. The Hall–Kier alpha value is -1.16. The van der Waals surface area contributed by atoms with Crippen molar-refractivity contribution in [3.05, 3.63) is 41.2 Å². The van der Waals surface area contributed by atoms with Gasteiger partial charge in [0.2, 0.25) is 0 Å². The van der Waals surface area contributed by atoms with Gasteiger partial charge in [-0.05, 0) is 48.8 Å². The molecule has 1 aromatic heterocycles. The fourth-order valence-electron chi connectivity index (χ4n) is 1.43. The van der Waals surface area contributed by atoms with Gasteiger partial charge in [-0.2, -0.15) is 0 Å². The molecule has 0 aromatic carbocycles. The van der Waals surface area contributed by atoms with Gasteiger partial charge in [-0.25, -0.2) is 4.98 Å². The monoisotopic (exact) mass is 296 g/mol. The summed E-state index contributed by atoms with van der Waals surface area (Å²) in [5.41, 5.74) is 0.199.